The maximum Gasteiger partial charge on any atom is 0.306 e. The summed E-state index contributed by atoms with van der Waals surface area (Å²) in [6.07, 6.45) is 16.9. The van der Waals surface area contributed by atoms with E-state index in [2.05, 4.69) is 17.6 Å². The van der Waals surface area contributed by atoms with Gasteiger partial charge in [-0.2, -0.15) is 0 Å². The van der Waals surface area contributed by atoms with Gasteiger partial charge in [0.15, 0.2) is 12.0 Å². The number of anilines is 1. The molecule has 61 heavy (non-hydrogen) atoms. The molecular formula is C42H71N5O14. The van der Waals surface area contributed by atoms with Gasteiger partial charge < -0.3 is 45.6 Å². The summed E-state index contributed by atoms with van der Waals surface area (Å²) in [5, 5.41) is 90.7. The number of aliphatic hydroxyl groups is 5. The first-order valence-corrected chi connectivity index (χ1v) is 22.2. The van der Waals surface area contributed by atoms with Gasteiger partial charge >= 0.3 is 11.4 Å². The SMILES string of the molecule is CCCCCCCCCCCCCC=CC(O)C(COC1OC(CO)C(O)C(O)C1O)NC(=O)CCCCCCCCCCCNc1c([N+](=O)[O-])cc([N+](=O)[O-])cc1[N+](=O)[O-]. The molecule has 1 aromatic carbocycles. The number of nitro groups is 3. The number of hydrogen-bond donors (Lipinski definition) is 7. The molecule has 1 aromatic rings. The summed E-state index contributed by atoms with van der Waals surface area (Å²) in [5.74, 6) is -0.293. The minimum absolute atomic E-state index is 0.212. The Hall–Kier alpha value is -3.85. The second-order valence-electron chi connectivity index (χ2n) is 15.9. The quantitative estimate of drug-likeness (QED) is 0.0163. The zero-order chi connectivity index (χ0) is 45.0. The maximum atomic E-state index is 13.0. The van der Waals surface area contributed by atoms with Gasteiger partial charge in [-0.25, -0.2) is 0 Å². The fourth-order valence-corrected chi connectivity index (χ4v) is 7.24. The number of aliphatic hydroxyl groups excluding tert-OH is 5. The number of nitro benzene ring substituents is 3. The van der Waals surface area contributed by atoms with Crippen LogP contribution in [0.15, 0.2) is 24.3 Å². The minimum Gasteiger partial charge on any atom is -0.394 e. The van der Waals surface area contributed by atoms with Crippen LogP contribution in [0.5, 0.6) is 0 Å². The lowest BCUT2D eigenvalue weighted by Crippen LogP contribution is -2.60. The number of rotatable bonds is 35. The van der Waals surface area contributed by atoms with Crippen LogP contribution in [0.25, 0.3) is 0 Å². The summed E-state index contributed by atoms with van der Waals surface area (Å²) in [6.45, 7) is 1.55. The van der Waals surface area contributed by atoms with Crippen molar-refractivity contribution in [3.63, 3.8) is 0 Å². The van der Waals surface area contributed by atoms with Crippen molar-refractivity contribution in [2.24, 2.45) is 0 Å². The second kappa shape index (κ2) is 31.1. The molecule has 19 nitrogen and oxygen atoms in total. The molecule has 348 valence electrons. The van der Waals surface area contributed by atoms with Crippen LogP contribution in [0.2, 0.25) is 0 Å². The molecule has 0 bridgehead atoms. The molecule has 2 rings (SSSR count). The Morgan fingerprint density at radius 2 is 1.26 bits per heavy atom. The highest BCUT2D eigenvalue weighted by molar-refractivity contribution is 5.77. The molecule has 1 aliphatic heterocycles. The van der Waals surface area contributed by atoms with Gasteiger partial charge in [0.1, 0.15) is 24.4 Å². The van der Waals surface area contributed by atoms with E-state index in [1.807, 2.05) is 6.08 Å². The Morgan fingerprint density at radius 3 is 1.77 bits per heavy atom. The average molecular weight is 870 g/mol. The molecule has 19 heteroatoms. The summed E-state index contributed by atoms with van der Waals surface area (Å²) < 4.78 is 11.1. The highest BCUT2D eigenvalue weighted by Gasteiger charge is 2.44. The van der Waals surface area contributed by atoms with Crippen LogP contribution in [0.1, 0.15) is 148 Å². The Kier molecular flexibility index (Phi) is 27.1. The molecule has 0 spiro atoms. The van der Waals surface area contributed by atoms with Crippen molar-refractivity contribution < 1.29 is 54.6 Å². The van der Waals surface area contributed by atoms with Crippen molar-refractivity contribution in [1.82, 2.24) is 5.32 Å². The van der Waals surface area contributed by atoms with Gasteiger partial charge in [0.05, 0.1) is 52.3 Å². The van der Waals surface area contributed by atoms with Crippen LogP contribution in [0.3, 0.4) is 0 Å². The third kappa shape index (κ3) is 20.7. The molecule has 1 aliphatic rings. The smallest absolute Gasteiger partial charge is 0.306 e. The predicted molar refractivity (Wildman–Crippen MR) is 229 cm³/mol. The summed E-state index contributed by atoms with van der Waals surface area (Å²) in [7, 11) is 0. The van der Waals surface area contributed by atoms with Crippen molar-refractivity contribution in [3.05, 3.63) is 54.6 Å². The highest BCUT2D eigenvalue weighted by atomic mass is 16.7. The van der Waals surface area contributed by atoms with Gasteiger partial charge in [0, 0.05) is 13.0 Å². The Bertz CT molecular complexity index is 1430. The number of hydrogen-bond acceptors (Lipinski definition) is 15. The summed E-state index contributed by atoms with van der Waals surface area (Å²) in [5.41, 5.74) is -2.55. The van der Waals surface area contributed by atoms with Gasteiger partial charge in [-0.3, -0.25) is 35.1 Å². The minimum atomic E-state index is -1.63. The van der Waals surface area contributed by atoms with E-state index in [0.717, 1.165) is 64.2 Å². The predicted octanol–water partition coefficient (Wildman–Crippen LogP) is 6.64. The van der Waals surface area contributed by atoms with E-state index in [-0.39, 0.29) is 31.2 Å². The molecule has 0 radical (unpaired) electrons. The van der Waals surface area contributed by atoms with Crippen LogP contribution < -0.4 is 10.6 Å². The largest absolute Gasteiger partial charge is 0.394 e. The summed E-state index contributed by atoms with van der Waals surface area (Å²) in [4.78, 5) is 44.2. The van der Waals surface area contributed by atoms with Gasteiger partial charge in [-0.1, -0.05) is 128 Å². The standard InChI is InChI=1S/C42H71N5O14/c1-2-3-4-5-6-7-8-9-10-12-15-18-21-24-35(49)32(30-60-42-41(53)40(52)39(51)36(29-48)61-42)44-37(50)25-22-19-16-13-11-14-17-20-23-26-43-38-33(46(56)57)27-31(45(54)55)28-34(38)47(58)59/h21,24,27-28,32,35-36,39-43,48-49,51-53H,2-20,22-23,25-26,29-30H2,1H3,(H,44,50). The molecule has 7 N–H and O–H groups in total. The topological polar surface area (TPSA) is 290 Å². The molecule has 0 aliphatic carbocycles. The van der Waals surface area contributed by atoms with Gasteiger partial charge in [0.2, 0.25) is 5.91 Å². The highest BCUT2D eigenvalue weighted by Crippen LogP contribution is 2.38. The van der Waals surface area contributed by atoms with Crippen molar-refractivity contribution in [2.75, 3.05) is 25.1 Å². The Balaban J connectivity index is 1.72. The van der Waals surface area contributed by atoms with Crippen LogP contribution in [0, 0.1) is 30.3 Å². The van der Waals surface area contributed by atoms with Crippen LogP contribution in [-0.4, -0.2) is 109 Å². The number of ether oxygens (including phenoxy) is 2. The van der Waals surface area contributed by atoms with E-state index in [1.165, 1.54) is 57.8 Å². The zero-order valence-corrected chi connectivity index (χ0v) is 35.8. The lowest BCUT2D eigenvalue weighted by molar-refractivity contribution is -0.401. The van der Waals surface area contributed by atoms with E-state index in [0.29, 0.717) is 25.0 Å². The third-order valence-corrected chi connectivity index (χ3v) is 10.9. The van der Waals surface area contributed by atoms with Crippen molar-refractivity contribution in [3.8, 4) is 0 Å². The fraction of sp³-hybridized carbons (Fsp3) is 0.786. The third-order valence-electron chi connectivity index (χ3n) is 10.9. The molecule has 1 amide bonds. The molecule has 1 heterocycles. The van der Waals surface area contributed by atoms with Crippen LogP contribution in [-0.2, 0) is 14.3 Å². The molecule has 7 atom stereocenters. The monoisotopic (exact) mass is 869 g/mol. The van der Waals surface area contributed by atoms with E-state index in [4.69, 9.17) is 9.47 Å². The number of carbonyl (C=O) groups is 1. The number of amides is 1. The fourth-order valence-electron chi connectivity index (χ4n) is 7.24. The molecule has 0 aromatic heterocycles. The second-order valence-corrected chi connectivity index (χ2v) is 15.9. The number of non-ortho nitro benzene ring substituents is 1. The van der Waals surface area contributed by atoms with Gasteiger partial charge in [-0.05, 0) is 25.7 Å². The van der Waals surface area contributed by atoms with E-state index < -0.39 is 81.3 Å². The van der Waals surface area contributed by atoms with Gasteiger partial charge in [0.25, 0.3) is 5.69 Å². The maximum absolute atomic E-state index is 13.0. The number of nitrogens with zero attached hydrogens (tertiary/aromatic N) is 3. The molecule has 0 saturated carbocycles. The van der Waals surface area contributed by atoms with E-state index in [1.54, 1.807) is 6.08 Å². The summed E-state index contributed by atoms with van der Waals surface area (Å²) in [6, 6.07) is 0.506. The number of benzene rings is 1. The van der Waals surface area contributed by atoms with Crippen LogP contribution >= 0.6 is 0 Å². The first kappa shape index (κ1) is 53.3. The molecule has 1 saturated heterocycles. The molecular weight excluding hydrogens is 798 g/mol. The van der Waals surface area contributed by atoms with Crippen molar-refractivity contribution in [2.45, 2.75) is 191 Å². The average Bonchev–Trinajstić information content (AvgIpc) is 3.23. The first-order valence-electron chi connectivity index (χ1n) is 22.2. The number of carbonyl (C=O) groups excluding carboxylic acids is 1. The zero-order valence-electron chi connectivity index (χ0n) is 35.8. The number of unbranched alkanes of at least 4 members (excludes halogenated alkanes) is 19. The van der Waals surface area contributed by atoms with E-state index in [9.17, 15) is 60.7 Å². The normalized spacial score (nSPS) is 20.1. The summed E-state index contributed by atoms with van der Waals surface area (Å²) >= 11 is 0. The Morgan fingerprint density at radius 1 is 0.754 bits per heavy atom. The first-order chi connectivity index (χ1) is 29.3. The Labute approximate surface area is 358 Å². The number of allylic oxidation sites excluding steroid dienone is 1. The van der Waals surface area contributed by atoms with Crippen molar-refractivity contribution >= 4 is 28.7 Å². The van der Waals surface area contributed by atoms with Crippen molar-refractivity contribution in [1.29, 1.82) is 0 Å². The lowest BCUT2D eigenvalue weighted by Gasteiger charge is -2.40. The van der Waals surface area contributed by atoms with Crippen LogP contribution in [0.4, 0.5) is 22.7 Å². The number of nitrogens with one attached hydrogen (secondary N) is 2. The van der Waals surface area contributed by atoms with E-state index >= 15 is 0 Å². The molecule has 1 fully saturated rings. The van der Waals surface area contributed by atoms with Gasteiger partial charge in [-0.15, -0.1) is 0 Å². The lowest BCUT2D eigenvalue weighted by atomic mass is 9.99. The molecule has 7 unspecified atom stereocenters.